The Morgan fingerprint density at radius 2 is 1.72 bits per heavy atom. The van der Waals surface area contributed by atoms with Gasteiger partial charge < -0.3 is 9.80 Å². The van der Waals surface area contributed by atoms with E-state index in [1.54, 1.807) is 4.90 Å². The molecule has 0 N–H and O–H groups in total. The molecule has 2 heterocycles. The SMILES string of the molecule is O=C(Cn1cc([N+](=O)[O-])ccc1=O)N1CCN(c2ccccc2)CC1. The number of carbonyl (C=O) groups is 1. The first-order valence-corrected chi connectivity index (χ1v) is 7.97. The minimum Gasteiger partial charge on any atom is -0.368 e. The lowest BCUT2D eigenvalue weighted by Crippen LogP contribution is -2.50. The van der Waals surface area contributed by atoms with Crippen molar-refractivity contribution in [3.05, 3.63) is 69.1 Å². The van der Waals surface area contributed by atoms with Crippen LogP contribution in [0, 0.1) is 10.1 Å². The van der Waals surface area contributed by atoms with Crippen LogP contribution in [0.4, 0.5) is 11.4 Å². The number of nitrogens with zero attached hydrogens (tertiary/aromatic N) is 4. The molecule has 8 nitrogen and oxygen atoms in total. The van der Waals surface area contributed by atoms with Crippen molar-refractivity contribution in [1.29, 1.82) is 0 Å². The van der Waals surface area contributed by atoms with E-state index >= 15 is 0 Å². The number of anilines is 1. The summed E-state index contributed by atoms with van der Waals surface area (Å²) in [6.45, 7) is 2.33. The van der Waals surface area contributed by atoms with Crippen LogP contribution in [0.1, 0.15) is 0 Å². The van der Waals surface area contributed by atoms with Crippen LogP contribution >= 0.6 is 0 Å². The van der Waals surface area contributed by atoms with E-state index in [4.69, 9.17) is 0 Å². The molecule has 0 unspecified atom stereocenters. The fraction of sp³-hybridized carbons (Fsp3) is 0.294. The molecule has 0 saturated carbocycles. The van der Waals surface area contributed by atoms with Crippen molar-refractivity contribution in [2.24, 2.45) is 0 Å². The largest absolute Gasteiger partial charge is 0.368 e. The number of pyridine rings is 1. The minimum absolute atomic E-state index is 0.189. The lowest BCUT2D eigenvalue weighted by molar-refractivity contribution is -0.385. The Kier molecular flexibility index (Phi) is 4.78. The van der Waals surface area contributed by atoms with Crippen molar-refractivity contribution in [3.63, 3.8) is 0 Å². The van der Waals surface area contributed by atoms with E-state index in [2.05, 4.69) is 4.90 Å². The molecule has 8 heteroatoms. The van der Waals surface area contributed by atoms with Crippen LogP contribution in [0.2, 0.25) is 0 Å². The lowest BCUT2D eigenvalue weighted by Gasteiger charge is -2.36. The Morgan fingerprint density at radius 1 is 1.04 bits per heavy atom. The maximum absolute atomic E-state index is 12.4. The van der Waals surface area contributed by atoms with Gasteiger partial charge >= 0.3 is 0 Å². The zero-order chi connectivity index (χ0) is 17.8. The van der Waals surface area contributed by atoms with Crippen molar-refractivity contribution in [1.82, 2.24) is 9.47 Å². The second kappa shape index (κ2) is 7.16. The molecule has 1 fully saturated rings. The molecule has 1 aromatic carbocycles. The third-order valence-electron chi connectivity index (χ3n) is 4.24. The Hall–Kier alpha value is -3.16. The summed E-state index contributed by atoms with van der Waals surface area (Å²) in [5.74, 6) is -0.213. The van der Waals surface area contributed by atoms with E-state index in [1.807, 2.05) is 30.3 Å². The number of hydrogen-bond acceptors (Lipinski definition) is 5. The number of para-hydroxylation sites is 1. The van der Waals surface area contributed by atoms with Crippen LogP contribution < -0.4 is 10.5 Å². The maximum Gasteiger partial charge on any atom is 0.285 e. The first-order chi connectivity index (χ1) is 12.0. The molecule has 25 heavy (non-hydrogen) atoms. The smallest absolute Gasteiger partial charge is 0.285 e. The van der Waals surface area contributed by atoms with Crippen molar-refractivity contribution in [3.8, 4) is 0 Å². The van der Waals surface area contributed by atoms with Gasteiger partial charge in [-0.25, -0.2) is 0 Å². The number of piperazine rings is 1. The van der Waals surface area contributed by atoms with E-state index < -0.39 is 10.5 Å². The van der Waals surface area contributed by atoms with Gasteiger partial charge in [-0.05, 0) is 12.1 Å². The summed E-state index contributed by atoms with van der Waals surface area (Å²) in [7, 11) is 0. The zero-order valence-electron chi connectivity index (χ0n) is 13.6. The number of carbonyl (C=O) groups excluding carboxylic acids is 1. The molecule has 0 spiro atoms. The molecule has 3 rings (SSSR count). The molecule has 130 valence electrons. The third-order valence-corrected chi connectivity index (χ3v) is 4.24. The van der Waals surface area contributed by atoms with Crippen LogP contribution in [0.25, 0.3) is 0 Å². The fourth-order valence-electron chi connectivity index (χ4n) is 2.85. The number of aromatic nitrogens is 1. The molecule has 0 bridgehead atoms. The van der Waals surface area contributed by atoms with E-state index in [0.717, 1.165) is 28.6 Å². The highest BCUT2D eigenvalue weighted by Gasteiger charge is 2.22. The normalized spacial score (nSPS) is 14.4. The van der Waals surface area contributed by atoms with E-state index in [0.29, 0.717) is 26.2 Å². The van der Waals surface area contributed by atoms with Gasteiger partial charge in [0.25, 0.3) is 11.2 Å². The van der Waals surface area contributed by atoms with E-state index in [9.17, 15) is 19.7 Å². The summed E-state index contributed by atoms with van der Waals surface area (Å²) >= 11 is 0. The predicted octanol–water partition coefficient (Wildman–Crippen LogP) is 1.11. The molecule has 1 aliphatic rings. The highest BCUT2D eigenvalue weighted by molar-refractivity contribution is 5.76. The number of nitro groups is 1. The van der Waals surface area contributed by atoms with Gasteiger partial charge in [-0.15, -0.1) is 0 Å². The van der Waals surface area contributed by atoms with Gasteiger partial charge in [0.05, 0.1) is 11.1 Å². The Morgan fingerprint density at radius 3 is 2.36 bits per heavy atom. The van der Waals surface area contributed by atoms with Gasteiger partial charge in [-0.3, -0.25) is 24.3 Å². The van der Waals surface area contributed by atoms with Gasteiger partial charge in [0, 0.05) is 44.0 Å². The zero-order valence-corrected chi connectivity index (χ0v) is 13.6. The second-order valence-electron chi connectivity index (χ2n) is 5.81. The van der Waals surface area contributed by atoms with Gasteiger partial charge in [0.1, 0.15) is 6.54 Å². The van der Waals surface area contributed by atoms with Gasteiger partial charge in [0.2, 0.25) is 5.91 Å². The van der Waals surface area contributed by atoms with Crippen LogP contribution in [0.5, 0.6) is 0 Å². The standard InChI is InChI=1S/C17H18N4O4/c22-16-7-6-15(21(24)25)12-20(16)13-17(23)19-10-8-18(9-11-19)14-4-2-1-3-5-14/h1-7,12H,8-11,13H2. The molecule has 0 aliphatic carbocycles. The van der Waals surface area contributed by atoms with Gasteiger partial charge in [-0.2, -0.15) is 0 Å². The summed E-state index contributed by atoms with van der Waals surface area (Å²) in [6.07, 6.45) is 1.11. The first-order valence-electron chi connectivity index (χ1n) is 7.97. The molecule has 1 saturated heterocycles. The van der Waals surface area contributed by atoms with Gasteiger partial charge in [-0.1, -0.05) is 18.2 Å². The molecule has 0 radical (unpaired) electrons. The summed E-state index contributed by atoms with van der Waals surface area (Å²) in [6, 6.07) is 12.2. The summed E-state index contributed by atoms with van der Waals surface area (Å²) in [5, 5.41) is 10.8. The Balaban J connectivity index is 1.63. The van der Waals surface area contributed by atoms with Crippen LogP contribution in [0.15, 0.2) is 53.5 Å². The second-order valence-corrected chi connectivity index (χ2v) is 5.81. The molecule has 1 aromatic heterocycles. The number of rotatable bonds is 4. The molecular formula is C17H18N4O4. The first kappa shape index (κ1) is 16.7. The average molecular weight is 342 g/mol. The molecule has 0 atom stereocenters. The predicted molar refractivity (Wildman–Crippen MR) is 92.6 cm³/mol. The number of hydrogen-bond donors (Lipinski definition) is 0. The monoisotopic (exact) mass is 342 g/mol. The molecule has 1 aliphatic heterocycles. The average Bonchev–Trinajstić information content (AvgIpc) is 2.64. The van der Waals surface area contributed by atoms with Crippen molar-refractivity contribution >= 4 is 17.3 Å². The Bertz CT molecular complexity index is 826. The van der Waals surface area contributed by atoms with Crippen LogP contribution in [0.3, 0.4) is 0 Å². The third kappa shape index (κ3) is 3.85. The lowest BCUT2D eigenvalue weighted by atomic mass is 10.2. The topological polar surface area (TPSA) is 88.7 Å². The van der Waals surface area contributed by atoms with Crippen molar-refractivity contribution in [2.75, 3.05) is 31.1 Å². The van der Waals surface area contributed by atoms with Gasteiger partial charge in [0.15, 0.2) is 0 Å². The minimum atomic E-state index is -0.584. The highest BCUT2D eigenvalue weighted by atomic mass is 16.6. The van der Waals surface area contributed by atoms with Crippen LogP contribution in [-0.2, 0) is 11.3 Å². The molecule has 2 aromatic rings. The van der Waals surface area contributed by atoms with E-state index in [-0.39, 0.29) is 18.1 Å². The number of benzene rings is 1. The summed E-state index contributed by atoms with van der Waals surface area (Å²) in [4.78, 5) is 38.3. The van der Waals surface area contributed by atoms with Crippen molar-refractivity contribution < 1.29 is 9.72 Å². The number of amides is 1. The Labute approximate surface area is 144 Å². The van der Waals surface area contributed by atoms with Crippen molar-refractivity contribution in [2.45, 2.75) is 6.54 Å². The molecule has 1 amide bonds. The van der Waals surface area contributed by atoms with E-state index in [1.165, 1.54) is 0 Å². The summed E-state index contributed by atoms with van der Waals surface area (Å²) in [5.41, 5.74) is 0.479. The quantitative estimate of drug-likeness (QED) is 0.613. The summed E-state index contributed by atoms with van der Waals surface area (Å²) < 4.78 is 1.09. The van der Waals surface area contributed by atoms with Crippen LogP contribution in [-0.4, -0.2) is 46.5 Å². The maximum atomic E-state index is 12.4. The fourth-order valence-corrected chi connectivity index (χ4v) is 2.85. The molecular weight excluding hydrogens is 324 g/mol. The highest BCUT2D eigenvalue weighted by Crippen LogP contribution is 2.15.